The van der Waals surface area contributed by atoms with Gasteiger partial charge in [-0.15, -0.1) is 0 Å². The predicted molar refractivity (Wildman–Crippen MR) is 65.1 cm³/mol. The monoisotopic (exact) mass is 224 g/mol. The van der Waals surface area contributed by atoms with Crippen LogP contribution in [0.3, 0.4) is 0 Å². The Hall–Kier alpha value is -0.570. The van der Waals surface area contributed by atoms with Gasteiger partial charge in [0.2, 0.25) is 5.91 Å². The van der Waals surface area contributed by atoms with E-state index in [2.05, 4.69) is 38.3 Å². The Morgan fingerprint density at radius 2 is 1.75 bits per heavy atom. The molecule has 0 aliphatic heterocycles. The van der Waals surface area contributed by atoms with Crippen molar-refractivity contribution in [2.45, 2.75) is 46.6 Å². The molecule has 0 aromatic carbocycles. The minimum atomic E-state index is 0.143. The molecule has 0 aromatic heterocycles. The molecule has 2 saturated carbocycles. The molecule has 0 spiro atoms. The number of carbonyl (C=O) groups is 1. The highest BCUT2D eigenvalue weighted by molar-refractivity contribution is 5.79. The summed E-state index contributed by atoms with van der Waals surface area (Å²) in [5.41, 5.74) is 0.471. The Morgan fingerprint density at radius 1 is 1.19 bits per heavy atom. The summed E-state index contributed by atoms with van der Waals surface area (Å²) in [5.74, 6) is 0.978. The van der Waals surface area contributed by atoms with Gasteiger partial charge in [-0.3, -0.25) is 4.79 Å². The van der Waals surface area contributed by atoms with Crippen molar-refractivity contribution in [2.24, 2.45) is 16.7 Å². The zero-order valence-electron chi connectivity index (χ0n) is 10.9. The van der Waals surface area contributed by atoms with E-state index < -0.39 is 0 Å². The van der Waals surface area contributed by atoms with E-state index in [-0.39, 0.29) is 16.7 Å². The number of carbonyl (C=O) groups excluding carboxylic acids is 1. The van der Waals surface area contributed by atoms with Gasteiger partial charge in [0.05, 0.1) is 6.54 Å². The Balaban J connectivity index is 1.67. The molecule has 0 saturated heterocycles. The summed E-state index contributed by atoms with van der Waals surface area (Å²) >= 11 is 0. The third-order valence-corrected chi connectivity index (χ3v) is 4.74. The first-order valence-corrected chi connectivity index (χ1v) is 6.36. The maximum atomic E-state index is 11.7. The average Bonchev–Trinajstić information content (AvgIpc) is 3.03. The van der Waals surface area contributed by atoms with Crippen LogP contribution in [0.25, 0.3) is 0 Å². The van der Waals surface area contributed by atoms with Crippen molar-refractivity contribution in [1.82, 2.24) is 10.6 Å². The molecule has 1 amide bonds. The number of nitrogens with one attached hydrogen (secondary N) is 2. The first kappa shape index (κ1) is 11.9. The molecular formula is C13H24N2O. The first-order chi connectivity index (χ1) is 7.35. The van der Waals surface area contributed by atoms with Crippen LogP contribution in [0.2, 0.25) is 0 Å². The molecule has 3 heteroatoms. The highest BCUT2D eigenvalue weighted by Crippen LogP contribution is 2.62. The molecule has 2 aliphatic rings. The van der Waals surface area contributed by atoms with Crippen LogP contribution in [0.4, 0.5) is 0 Å². The summed E-state index contributed by atoms with van der Waals surface area (Å²) in [6, 6.07) is 0.329. The molecule has 0 heterocycles. The molecule has 0 aromatic rings. The van der Waals surface area contributed by atoms with E-state index in [9.17, 15) is 4.79 Å². The maximum Gasteiger partial charge on any atom is 0.234 e. The molecule has 0 bridgehead atoms. The van der Waals surface area contributed by atoms with E-state index in [1.807, 2.05) is 0 Å². The third kappa shape index (κ3) is 2.10. The summed E-state index contributed by atoms with van der Waals surface area (Å²) in [7, 11) is 0. The second-order valence-electron chi connectivity index (χ2n) is 6.52. The van der Waals surface area contributed by atoms with Crippen molar-refractivity contribution in [2.75, 3.05) is 13.1 Å². The molecule has 2 N–H and O–H groups in total. The van der Waals surface area contributed by atoms with Crippen LogP contribution in [0.15, 0.2) is 0 Å². The summed E-state index contributed by atoms with van der Waals surface area (Å²) in [5, 5.41) is 6.35. The second kappa shape index (κ2) is 3.73. The molecule has 92 valence electrons. The molecule has 0 unspecified atom stereocenters. The van der Waals surface area contributed by atoms with E-state index in [0.29, 0.717) is 12.6 Å². The van der Waals surface area contributed by atoms with Gasteiger partial charge in [0, 0.05) is 6.04 Å². The van der Waals surface area contributed by atoms with E-state index in [1.165, 1.54) is 12.8 Å². The Kier molecular flexibility index (Phi) is 2.77. The molecule has 3 nitrogen and oxygen atoms in total. The number of hydrogen-bond donors (Lipinski definition) is 2. The third-order valence-electron chi connectivity index (χ3n) is 4.74. The lowest BCUT2D eigenvalue weighted by atomic mass is 10.0. The van der Waals surface area contributed by atoms with Crippen LogP contribution in [0, 0.1) is 16.7 Å². The maximum absolute atomic E-state index is 11.7. The van der Waals surface area contributed by atoms with E-state index in [0.717, 1.165) is 12.5 Å². The predicted octanol–water partition coefficient (Wildman–Crippen LogP) is 1.54. The average molecular weight is 224 g/mol. The van der Waals surface area contributed by atoms with Crippen LogP contribution in [-0.4, -0.2) is 25.0 Å². The topological polar surface area (TPSA) is 41.1 Å². The Labute approximate surface area is 98.4 Å². The van der Waals surface area contributed by atoms with Crippen molar-refractivity contribution < 1.29 is 4.79 Å². The van der Waals surface area contributed by atoms with Crippen LogP contribution in [0.5, 0.6) is 0 Å². The lowest BCUT2D eigenvalue weighted by Gasteiger charge is -2.07. The molecule has 16 heavy (non-hydrogen) atoms. The van der Waals surface area contributed by atoms with Crippen LogP contribution < -0.4 is 10.6 Å². The number of hydrogen-bond acceptors (Lipinski definition) is 2. The highest BCUT2D eigenvalue weighted by Gasteiger charge is 2.65. The van der Waals surface area contributed by atoms with Gasteiger partial charge in [0.15, 0.2) is 0 Å². The second-order valence-corrected chi connectivity index (χ2v) is 6.52. The molecule has 2 fully saturated rings. The van der Waals surface area contributed by atoms with Crippen molar-refractivity contribution in [1.29, 1.82) is 0 Å². The van der Waals surface area contributed by atoms with Gasteiger partial charge in [-0.1, -0.05) is 27.7 Å². The smallest absolute Gasteiger partial charge is 0.234 e. The lowest BCUT2D eigenvalue weighted by molar-refractivity contribution is -0.120. The normalized spacial score (nSPS) is 26.5. The van der Waals surface area contributed by atoms with Gasteiger partial charge in [-0.05, 0) is 36.1 Å². The molecular weight excluding hydrogens is 200 g/mol. The van der Waals surface area contributed by atoms with Crippen LogP contribution >= 0.6 is 0 Å². The summed E-state index contributed by atoms with van der Waals surface area (Å²) in [6.07, 6.45) is 2.66. The quantitative estimate of drug-likeness (QED) is 0.743. The SMILES string of the molecule is CC1(C)C(NC(=O)CNCC2CC2)C1(C)C. The fourth-order valence-electron chi connectivity index (χ4n) is 2.48. The fourth-order valence-corrected chi connectivity index (χ4v) is 2.48. The summed E-state index contributed by atoms with van der Waals surface area (Å²) < 4.78 is 0. The van der Waals surface area contributed by atoms with E-state index in [1.54, 1.807) is 0 Å². The zero-order valence-corrected chi connectivity index (χ0v) is 10.9. The summed E-state index contributed by atoms with van der Waals surface area (Å²) in [4.78, 5) is 11.7. The van der Waals surface area contributed by atoms with Gasteiger partial charge in [-0.2, -0.15) is 0 Å². The minimum Gasteiger partial charge on any atom is -0.351 e. The Bertz CT molecular complexity index is 278. The molecule has 2 rings (SSSR count). The molecule has 2 aliphatic carbocycles. The van der Waals surface area contributed by atoms with Crippen molar-refractivity contribution in [3.63, 3.8) is 0 Å². The van der Waals surface area contributed by atoms with Gasteiger partial charge in [0.1, 0.15) is 0 Å². The molecule has 0 radical (unpaired) electrons. The number of rotatable bonds is 5. The van der Waals surface area contributed by atoms with Gasteiger partial charge >= 0.3 is 0 Å². The van der Waals surface area contributed by atoms with Crippen molar-refractivity contribution in [3.05, 3.63) is 0 Å². The Morgan fingerprint density at radius 3 is 2.19 bits per heavy atom. The fraction of sp³-hybridized carbons (Fsp3) is 0.923. The lowest BCUT2D eigenvalue weighted by Crippen LogP contribution is -2.37. The number of amides is 1. The van der Waals surface area contributed by atoms with Gasteiger partial charge in [-0.25, -0.2) is 0 Å². The largest absolute Gasteiger partial charge is 0.351 e. The highest BCUT2D eigenvalue weighted by atomic mass is 16.2. The van der Waals surface area contributed by atoms with Crippen LogP contribution in [-0.2, 0) is 4.79 Å². The van der Waals surface area contributed by atoms with E-state index >= 15 is 0 Å². The first-order valence-electron chi connectivity index (χ1n) is 6.36. The standard InChI is InChI=1S/C13H24N2O/c1-12(2)11(13(12,3)4)15-10(16)8-14-7-9-5-6-9/h9,11,14H,5-8H2,1-4H3,(H,15,16). The van der Waals surface area contributed by atoms with Crippen molar-refractivity contribution in [3.8, 4) is 0 Å². The van der Waals surface area contributed by atoms with Crippen molar-refractivity contribution >= 4 is 5.91 Å². The zero-order chi connectivity index (χ0) is 12.0. The minimum absolute atomic E-state index is 0.143. The van der Waals surface area contributed by atoms with Gasteiger partial charge in [0.25, 0.3) is 0 Å². The van der Waals surface area contributed by atoms with Gasteiger partial charge < -0.3 is 10.6 Å². The molecule has 0 atom stereocenters. The van der Waals surface area contributed by atoms with Crippen LogP contribution in [0.1, 0.15) is 40.5 Å². The summed E-state index contributed by atoms with van der Waals surface area (Å²) in [6.45, 7) is 10.3. The van der Waals surface area contributed by atoms with E-state index in [4.69, 9.17) is 0 Å².